The highest BCUT2D eigenvalue weighted by Crippen LogP contribution is 2.60. The summed E-state index contributed by atoms with van der Waals surface area (Å²) >= 11 is 12.3. The van der Waals surface area contributed by atoms with Gasteiger partial charge in [-0.05, 0) is 43.9 Å². The molecule has 0 spiro atoms. The van der Waals surface area contributed by atoms with Crippen molar-refractivity contribution in [1.82, 2.24) is 9.78 Å². The minimum Gasteiger partial charge on any atom is -0.476 e. The van der Waals surface area contributed by atoms with Gasteiger partial charge in [-0.15, -0.1) is 0 Å². The van der Waals surface area contributed by atoms with Gasteiger partial charge in [0.2, 0.25) is 0 Å². The molecule has 2 bridgehead atoms. The van der Waals surface area contributed by atoms with Gasteiger partial charge >= 0.3 is 5.97 Å². The van der Waals surface area contributed by atoms with Gasteiger partial charge < -0.3 is 5.11 Å². The monoisotopic (exact) mass is 350 g/mol. The molecular weight excluding hydrogens is 335 g/mol. The number of fused-ring (bicyclic) bond motifs is 5. The second-order valence-corrected chi connectivity index (χ2v) is 7.34. The van der Waals surface area contributed by atoms with Crippen molar-refractivity contribution in [1.29, 1.82) is 0 Å². The highest BCUT2D eigenvalue weighted by atomic mass is 35.5. The molecule has 2 unspecified atom stereocenters. The van der Waals surface area contributed by atoms with Crippen molar-refractivity contribution >= 4 is 29.2 Å². The maximum Gasteiger partial charge on any atom is 0.356 e. The van der Waals surface area contributed by atoms with Gasteiger partial charge in [0, 0.05) is 21.9 Å². The zero-order valence-electron chi connectivity index (χ0n) is 12.6. The molecule has 0 amide bonds. The Labute approximate surface area is 144 Å². The molecule has 1 aromatic carbocycles. The first-order valence-corrected chi connectivity index (χ1v) is 8.54. The Morgan fingerprint density at radius 3 is 2.91 bits per heavy atom. The largest absolute Gasteiger partial charge is 0.476 e. The number of benzene rings is 1. The van der Waals surface area contributed by atoms with Gasteiger partial charge in [-0.3, -0.25) is 0 Å². The molecule has 4 nitrogen and oxygen atoms in total. The normalized spacial score (nSPS) is 24.9. The Kier molecular flexibility index (Phi) is 3.26. The molecule has 1 N–H and O–H groups in total. The highest BCUT2D eigenvalue weighted by molar-refractivity contribution is 6.35. The maximum absolute atomic E-state index is 11.7. The second-order valence-electron chi connectivity index (χ2n) is 6.50. The number of rotatable bonds is 3. The summed E-state index contributed by atoms with van der Waals surface area (Å²) in [6, 6.07) is 5.21. The van der Waals surface area contributed by atoms with Crippen molar-refractivity contribution in [2.24, 2.45) is 0 Å². The maximum atomic E-state index is 11.7. The SMILES string of the molecule is CCC12CCC(C1)c1c2c(C(=O)O)nn1-c1ccc(Cl)cc1Cl. The van der Waals surface area contributed by atoms with Crippen LogP contribution in [-0.4, -0.2) is 20.9 Å². The molecule has 2 atom stereocenters. The van der Waals surface area contributed by atoms with Gasteiger partial charge in [0.05, 0.1) is 16.4 Å². The van der Waals surface area contributed by atoms with Crippen LogP contribution in [0.1, 0.15) is 60.3 Å². The topological polar surface area (TPSA) is 55.1 Å². The lowest BCUT2D eigenvalue weighted by atomic mass is 9.78. The lowest BCUT2D eigenvalue weighted by molar-refractivity contribution is 0.0686. The molecular formula is C17H16Cl2N2O2. The summed E-state index contributed by atoms with van der Waals surface area (Å²) in [5.74, 6) is -0.609. The Bertz CT molecular complexity index is 830. The lowest BCUT2D eigenvalue weighted by Gasteiger charge is -2.25. The van der Waals surface area contributed by atoms with E-state index in [0.717, 1.165) is 36.9 Å². The van der Waals surface area contributed by atoms with Gasteiger partial charge in [0.25, 0.3) is 0 Å². The summed E-state index contributed by atoms with van der Waals surface area (Å²) in [6.45, 7) is 2.13. The molecule has 0 aliphatic heterocycles. The van der Waals surface area contributed by atoms with Crippen molar-refractivity contribution in [3.8, 4) is 5.69 Å². The smallest absolute Gasteiger partial charge is 0.356 e. The minimum absolute atomic E-state index is 0.0368. The molecule has 1 saturated carbocycles. The summed E-state index contributed by atoms with van der Waals surface area (Å²) in [5.41, 5.74) is 2.79. The van der Waals surface area contributed by atoms with E-state index in [0.29, 0.717) is 21.7 Å². The minimum atomic E-state index is -0.967. The summed E-state index contributed by atoms with van der Waals surface area (Å²) < 4.78 is 1.73. The second kappa shape index (κ2) is 4.99. The number of aromatic carboxylic acids is 1. The van der Waals surface area contributed by atoms with Crippen LogP contribution in [-0.2, 0) is 5.41 Å². The third kappa shape index (κ3) is 1.98. The predicted octanol–water partition coefficient (Wildman–Crippen LogP) is 4.81. The fraction of sp³-hybridized carbons (Fsp3) is 0.412. The molecule has 1 aromatic heterocycles. The summed E-state index contributed by atoms with van der Waals surface area (Å²) in [5, 5.41) is 15.1. The van der Waals surface area contributed by atoms with Crippen LogP contribution in [0, 0.1) is 0 Å². The summed E-state index contributed by atoms with van der Waals surface area (Å²) in [7, 11) is 0. The van der Waals surface area contributed by atoms with Crippen molar-refractivity contribution in [3.63, 3.8) is 0 Å². The number of nitrogens with zero attached hydrogens (tertiary/aromatic N) is 2. The van der Waals surface area contributed by atoms with Crippen molar-refractivity contribution < 1.29 is 9.90 Å². The molecule has 0 saturated heterocycles. The van der Waals surface area contributed by atoms with Gasteiger partial charge in [-0.2, -0.15) is 5.10 Å². The number of carboxylic acid groups (broad SMARTS) is 1. The van der Waals surface area contributed by atoms with E-state index in [1.165, 1.54) is 0 Å². The lowest BCUT2D eigenvalue weighted by Crippen LogP contribution is -2.22. The van der Waals surface area contributed by atoms with E-state index in [-0.39, 0.29) is 11.1 Å². The molecule has 6 heteroatoms. The molecule has 4 rings (SSSR count). The molecule has 2 aliphatic rings. The van der Waals surface area contributed by atoms with Crippen LogP contribution >= 0.6 is 23.2 Å². The van der Waals surface area contributed by atoms with Crippen LogP contribution < -0.4 is 0 Å². The highest BCUT2D eigenvalue weighted by Gasteiger charge is 2.53. The fourth-order valence-electron chi connectivity index (χ4n) is 4.40. The number of carbonyl (C=O) groups is 1. The predicted molar refractivity (Wildman–Crippen MR) is 89.1 cm³/mol. The number of carboxylic acids is 1. The van der Waals surface area contributed by atoms with E-state index in [2.05, 4.69) is 12.0 Å². The zero-order chi connectivity index (χ0) is 16.4. The third-order valence-electron chi connectivity index (χ3n) is 5.46. The Morgan fingerprint density at radius 2 is 2.26 bits per heavy atom. The Morgan fingerprint density at radius 1 is 1.48 bits per heavy atom. The standard InChI is InChI=1S/C17H16Cl2N2O2/c1-2-17-6-5-9(8-17)15-13(17)14(16(22)23)20-21(15)12-4-3-10(18)7-11(12)19/h3-4,7,9H,2,5-6,8H2,1H3,(H,22,23). The van der Waals surface area contributed by atoms with E-state index in [9.17, 15) is 9.90 Å². The average molecular weight is 351 g/mol. The molecule has 23 heavy (non-hydrogen) atoms. The Balaban J connectivity index is 1.99. The molecule has 2 aliphatic carbocycles. The quantitative estimate of drug-likeness (QED) is 0.864. The van der Waals surface area contributed by atoms with E-state index in [4.69, 9.17) is 23.2 Å². The van der Waals surface area contributed by atoms with Crippen LogP contribution in [0.2, 0.25) is 10.0 Å². The van der Waals surface area contributed by atoms with Crippen molar-refractivity contribution in [3.05, 3.63) is 45.2 Å². The number of hydrogen-bond acceptors (Lipinski definition) is 2. The van der Waals surface area contributed by atoms with Gasteiger partial charge in [-0.25, -0.2) is 9.48 Å². The third-order valence-corrected chi connectivity index (χ3v) is 6.00. The van der Waals surface area contributed by atoms with Crippen LogP contribution in [0.25, 0.3) is 5.69 Å². The zero-order valence-corrected chi connectivity index (χ0v) is 14.2. The molecule has 1 fully saturated rings. The average Bonchev–Trinajstić information content (AvgIpc) is 3.17. The first kappa shape index (κ1) is 15.0. The van der Waals surface area contributed by atoms with Gasteiger partial charge in [0.15, 0.2) is 5.69 Å². The number of aromatic nitrogens is 2. The first-order valence-electron chi connectivity index (χ1n) is 7.79. The van der Waals surface area contributed by atoms with E-state index in [1.54, 1.807) is 22.9 Å². The van der Waals surface area contributed by atoms with Crippen molar-refractivity contribution in [2.75, 3.05) is 0 Å². The molecule has 1 heterocycles. The van der Waals surface area contributed by atoms with Gasteiger partial charge in [0.1, 0.15) is 0 Å². The first-order chi connectivity index (χ1) is 11.0. The number of halogens is 2. The molecule has 2 aromatic rings. The van der Waals surface area contributed by atoms with Gasteiger partial charge in [-0.1, -0.05) is 30.1 Å². The van der Waals surface area contributed by atoms with E-state index < -0.39 is 5.97 Å². The van der Waals surface area contributed by atoms with Crippen LogP contribution in [0.3, 0.4) is 0 Å². The van der Waals surface area contributed by atoms with E-state index in [1.807, 2.05) is 0 Å². The Hall–Kier alpha value is -1.52. The molecule has 0 radical (unpaired) electrons. The van der Waals surface area contributed by atoms with Crippen LogP contribution in [0.15, 0.2) is 18.2 Å². The fourth-order valence-corrected chi connectivity index (χ4v) is 4.89. The van der Waals surface area contributed by atoms with E-state index >= 15 is 0 Å². The summed E-state index contributed by atoms with van der Waals surface area (Å²) in [6.07, 6.45) is 4.08. The van der Waals surface area contributed by atoms with Crippen molar-refractivity contribution in [2.45, 2.75) is 43.9 Å². The summed E-state index contributed by atoms with van der Waals surface area (Å²) in [4.78, 5) is 11.7. The number of hydrogen-bond donors (Lipinski definition) is 1. The van der Waals surface area contributed by atoms with Crippen LogP contribution in [0.5, 0.6) is 0 Å². The van der Waals surface area contributed by atoms with Crippen LogP contribution in [0.4, 0.5) is 0 Å². The molecule has 120 valence electrons.